The second-order valence-electron chi connectivity index (χ2n) is 13.4. The Balaban J connectivity index is 1.16. The first-order valence-corrected chi connectivity index (χ1v) is 15.9. The van der Waals surface area contributed by atoms with E-state index in [0.29, 0.717) is 5.75 Å². The van der Waals surface area contributed by atoms with Crippen LogP contribution in [0.3, 0.4) is 0 Å². The Bertz CT molecular complexity index is 1410. The van der Waals surface area contributed by atoms with Crippen molar-refractivity contribution in [1.82, 2.24) is 9.80 Å². The number of aromatic hydroxyl groups is 1. The number of benzene rings is 3. The molecule has 0 unspecified atom stereocenters. The van der Waals surface area contributed by atoms with E-state index in [2.05, 4.69) is 76.5 Å². The number of rotatable bonds is 9. The van der Waals surface area contributed by atoms with E-state index in [1.807, 2.05) is 6.07 Å². The lowest BCUT2D eigenvalue weighted by molar-refractivity contribution is -0.201. The SMILES string of the molecule is Oc1ccc2c3c1O[C@H]1[C@H](N(CCCc4ccccc4)Cc4ccccc4)CC[C@@]4(O)[C@@H](C2)N(CC2CC2)CC[C@]314. The first-order valence-electron chi connectivity index (χ1n) is 15.9. The monoisotopic (exact) mass is 550 g/mol. The Hall–Kier alpha value is -2.86. The van der Waals surface area contributed by atoms with Crippen molar-refractivity contribution < 1.29 is 14.9 Å². The fraction of sp³-hybridized carbons (Fsp3) is 0.500. The molecular weight excluding hydrogens is 508 g/mol. The summed E-state index contributed by atoms with van der Waals surface area (Å²) in [6, 6.07) is 25.8. The summed E-state index contributed by atoms with van der Waals surface area (Å²) in [5.74, 6) is 1.67. The molecular formula is C36H42N2O3. The summed E-state index contributed by atoms with van der Waals surface area (Å²) >= 11 is 0. The predicted molar refractivity (Wildman–Crippen MR) is 160 cm³/mol. The molecule has 5 atom stereocenters. The third-order valence-corrected chi connectivity index (χ3v) is 11.2. The van der Waals surface area contributed by atoms with Gasteiger partial charge in [-0.3, -0.25) is 9.80 Å². The van der Waals surface area contributed by atoms with Gasteiger partial charge in [0.25, 0.3) is 0 Å². The number of hydrogen-bond acceptors (Lipinski definition) is 5. The van der Waals surface area contributed by atoms with Crippen molar-refractivity contribution in [2.45, 2.75) is 87.1 Å². The zero-order valence-electron chi connectivity index (χ0n) is 23.9. The number of piperidine rings is 1. The van der Waals surface area contributed by atoms with Crippen molar-refractivity contribution in [2.24, 2.45) is 5.92 Å². The van der Waals surface area contributed by atoms with Gasteiger partial charge in [-0.2, -0.15) is 0 Å². The van der Waals surface area contributed by atoms with Crippen molar-refractivity contribution in [3.05, 3.63) is 95.1 Å². The van der Waals surface area contributed by atoms with E-state index >= 15 is 0 Å². The number of likely N-dealkylation sites (tertiary alicyclic amines) is 1. The molecule has 5 aliphatic rings. The molecule has 41 heavy (non-hydrogen) atoms. The van der Waals surface area contributed by atoms with Crippen LogP contribution in [0.2, 0.25) is 0 Å². The van der Waals surface area contributed by atoms with E-state index in [9.17, 15) is 10.2 Å². The number of ether oxygens (including phenoxy) is 1. The molecule has 2 N–H and O–H groups in total. The molecule has 1 saturated heterocycles. The highest BCUT2D eigenvalue weighted by atomic mass is 16.5. The molecule has 0 aromatic heterocycles. The van der Waals surface area contributed by atoms with E-state index in [0.717, 1.165) is 76.2 Å². The summed E-state index contributed by atoms with van der Waals surface area (Å²) < 4.78 is 6.93. The van der Waals surface area contributed by atoms with Crippen molar-refractivity contribution in [3.63, 3.8) is 0 Å². The third-order valence-electron chi connectivity index (χ3n) is 11.2. The number of phenolic OH excluding ortho intramolecular Hbond substituents is 1. The van der Waals surface area contributed by atoms with Crippen LogP contribution < -0.4 is 4.74 Å². The molecule has 1 spiro atoms. The quantitative estimate of drug-likeness (QED) is 0.371. The Labute approximate surface area is 243 Å². The maximum Gasteiger partial charge on any atom is 0.165 e. The van der Waals surface area contributed by atoms with Gasteiger partial charge in [-0.15, -0.1) is 0 Å². The molecule has 0 amide bonds. The summed E-state index contributed by atoms with van der Waals surface area (Å²) in [4.78, 5) is 5.26. The van der Waals surface area contributed by atoms with Gasteiger partial charge in [0.1, 0.15) is 6.10 Å². The Kier molecular flexibility index (Phi) is 6.21. The zero-order chi connectivity index (χ0) is 27.6. The summed E-state index contributed by atoms with van der Waals surface area (Å²) in [6.07, 6.45) is 8.01. The number of nitrogens with zero attached hydrogens (tertiary/aromatic N) is 2. The Morgan fingerprint density at radius 3 is 2.41 bits per heavy atom. The first-order chi connectivity index (χ1) is 20.1. The second kappa shape index (κ2) is 9.86. The predicted octanol–water partition coefficient (Wildman–Crippen LogP) is 5.46. The van der Waals surface area contributed by atoms with E-state index in [1.165, 1.54) is 29.5 Å². The molecule has 2 bridgehead atoms. The van der Waals surface area contributed by atoms with E-state index < -0.39 is 11.0 Å². The fourth-order valence-electron chi connectivity index (χ4n) is 9.14. The Morgan fingerprint density at radius 2 is 1.66 bits per heavy atom. The van der Waals surface area contributed by atoms with E-state index in [-0.39, 0.29) is 23.9 Å². The molecule has 3 aromatic carbocycles. The van der Waals surface area contributed by atoms with E-state index in [1.54, 1.807) is 0 Å². The molecule has 0 radical (unpaired) electrons. The zero-order valence-corrected chi connectivity index (χ0v) is 23.9. The molecule has 214 valence electrons. The molecule has 3 aromatic rings. The molecule has 3 fully saturated rings. The van der Waals surface area contributed by atoms with Gasteiger partial charge in [0.05, 0.1) is 11.0 Å². The average Bonchev–Trinajstić information content (AvgIpc) is 3.74. The number of aryl methyl sites for hydroxylation is 1. The topological polar surface area (TPSA) is 56.2 Å². The van der Waals surface area contributed by atoms with Crippen molar-refractivity contribution in [2.75, 3.05) is 19.6 Å². The highest BCUT2D eigenvalue weighted by Gasteiger charge is 2.73. The van der Waals surface area contributed by atoms with Gasteiger partial charge < -0.3 is 14.9 Å². The highest BCUT2D eigenvalue weighted by molar-refractivity contribution is 5.62. The minimum Gasteiger partial charge on any atom is -0.504 e. The summed E-state index contributed by atoms with van der Waals surface area (Å²) in [6.45, 7) is 3.94. The van der Waals surface area contributed by atoms with Crippen molar-refractivity contribution >= 4 is 0 Å². The largest absolute Gasteiger partial charge is 0.504 e. The van der Waals surface area contributed by atoms with Crippen LogP contribution in [-0.2, 0) is 24.8 Å². The summed E-state index contributed by atoms with van der Waals surface area (Å²) in [5, 5.41) is 24.0. The third kappa shape index (κ3) is 4.07. The van der Waals surface area contributed by atoms with Gasteiger partial charge in [-0.1, -0.05) is 66.7 Å². The lowest BCUT2D eigenvalue weighted by Crippen LogP contribution is -2.78. The molecule has 5 nitrogen and oxygen atoms in total. The van der Waals surface area contributed by atoms with Gasteiger partial charge in [0.15, 0.2) is 11.5 Å². The van der Waals surface area contributed by atoms with Gasteiger partial charge in [0.2, 0.25) is 0 Å². The molecule has 2 aliphatic heterocycles. The standard InChI is InChI=1S/C36H42N2O3/c39-30-16-15-28-22-31-36(40)18-17-29(34-35(36,32(28)33(30)41-34)19-21-38(31)24-27-13-14-27)37(23-26-10-5-2-6-11-26)20-7-12-25-8-3-1-4-9-25/h1-6,8-11,15-16,27,29,31,34,39-40H,7,12-14,17-24H2/t29-,31-,34+,35+,36-/m1/s1. The average molecular weight is 551 g/mol. The Morgan fingerprint density at radius 1 is 0.902 bits per heavy atom. The number of phenols is 1. The number of aliphatic hydroxyl groups is 1. The van der Waals surface area contributed by atoms with Gasteiger partial charge >= 0.3 is 0 Å². The maximum absolute atomic E-state index is 12.9. The normalized spacial score (nSPS) is 31.6. The molecule has 3 aliphatic carbocycles. The van der Waals surface area contributed by atoms with Gasteiger partial charge in [0, 0.05) is 30.7 Å². The molecule has 8 rings (SSSR count). The van der Waals surface area contributed by atoms with Crippen LogP contribution in [-0.4, -0.2) is 63.4 Å². The van der Waals surface area contributed by atoms with Gasteiger partial charge in [-0.25, -0.2) is 0 Å². The van der Waals surface area contributed by atoms with Crippen LogP contribution in [0.15, 0.2) is 72.8 Å². The lowest BCUT2D eigenvalue weighted by Gasteiger charge is -2.65. The van der Waals surface area contributed by atoms with Crippen LogP contribution in [0, 0.1) is 5.92 Å². The molecule has 5 heteroatoms. The molecule has 2 saturated carbocycles. The smallest absolute Gasteiger partial charge is 0.165 e. The molecule has 2 heterocycles. The first kappa shape index (κ1) is 25.8. The van der Waals surface area contributed by atoms with Crippen LogP contribution in [0.4, 0.5) is 0 Å². The number of hydrogen-bond donors (Lipinski definition) is 2. The minimum absolute atomic E-state index is 0.118. The minimum atomic E-state index is -0.837. The fourth-order valence-corrected chi connectivity index (χ4v) is 9.14. The van der Waals surface area contributed by atoms with Crippen LogP contribution in [0.25, 0.3) is 0 Å². The van der Waals surface area contributed by atoms with E-state index in [4.69, 9.17) is 4.74 Å². The maximum atomic E-state index is 12.9. The van der Waals surface area contributed by atoms with Crippen LogP contribution in [0.1, 0.15) is 60.8 Å². The van der Waals surface area contributed by atoms with Gasteiger partial charge in [-0.05, 0) is 93.1 Å². The second-order valence-corrected chi connectivity index (χ2v) is 13.4. The van der Waals surface area contributed by atoms with Crippen molar-refractivity contribution in [1.29, 1.82) is 0 Å². The van der Waals surface area contributed by atoms with Crippen LogP contribution >= 0.6 is 0 Å². The summed E-state index contributed by atoms with van der Waals surface area (Å²) in [7, 11) is 0. The summed E-state index contributed by atoms with van der Waals surface area (Å²) in [5.41, 5.74) is 3.77. The van der Waals surface area contributed by atoms with Crippen molar-refractivity contribution in [3.8, 4) is 11.5 Å². The highest BCUT2D eigenvalue weighted by Crippen LogP contribution is 2.66. The lowest BCUT2D eigenvalue weighted by atomic mass is 9.48. The van der Waals surface area contributed by atoms with Crippen LogP contribution in [0.5, 0.6) is 11.5 Å².